The van der Waals surface area contributed by atoms with Gasteiger partial charge in [0.2, 0.25) is 0 Å². The average Bonchev–Trinajstić information content (AvgIpc) is 3.17. The third kappa shape index (κ3) is 2.23. The Bertz CT molecular complexity index is 830. The van der Waals surface area contributed by atoms with E-state index in [0.29, 0.717) is 25.2 Å². The van der Waals surface area contributed by atoms with Crippen molar-refractivity contribution in [3.63, 3.8) is 0 Å². The summed E-state index contributed by atoms with van der Waals surface area (Å²) in [6.45, 7) is 2.73. The van der Waals surface area contributed by atoms with Crippen molar-refractivity contribution in [2.45, 2.75) is 26.2 Å². The van der Waals surface area contributed by atoms with Gasteiger partial charge in [-0.3, -0.25) is 4.79 Å². The number of amides is 2. The highest BCUT2D eigenvalue weighted by Gasteiger charge is 2.55. The summed E-state index contributed by atoms with van der Waals surface area (Å²) < 4.78 is 1.86. The number of carbonyl (C=O) groups is 2. The first-order chi connectivity index (χ1) is 11.5. The highest BCUT2D eigenvalue weighted by Crippen LogP contribution is 2.48. The van der Waals surface area contributed by atoms with Crippen LogP contribution in [0.5, 0.6) is 0 Å². The van der Waals surface area contributed by atoms with Crippen LogP contribution in [0.2, 0.25) is 0 Å². The Hall–Kier alpha value is -2.57. The number of aryl methyl sites for hydroxylation is 1. The van der Waals surface area contributed by atoms with Crippen molar-refractivity contribution in [3.05, 3.63) is 30.2 Å². The molecule has 0 radical (unpaired) electrons. The second kappa shape index (κ2) is 5.22. The van der Waals surface area contributed by atoms with Gasteiger partial charge in [0.05, 0.1) is 16.8 Å². The van der Waals surface area contributed by atoms with E-state index in [-0.39, 0.29) is 11.9 Å². The second-order valence-electron chi connectivity index (χ2n) is 6.93. The van der Waals surface area contributed by atoms with Crippen LogP contribution in [0.4, 0.5) is 10.5 Å². The molecule has 2 aromatic rings. The molecule has 2 aromatic heterocycles. The van der Waals surface area contributed by atoms with Crippen molar-refractivity contribution in [2.24, 2.45) is 11.3 Å². The zero-order chi connectivity index (χ0) is 16.9. The molecule has 2 N–H and O–H groups in total. The number of likely N-dealkylation sites (tertiary alicyclic amines) is 1. The van der Waals surface area contributed by atoms with Crippen molar-refractivity contribution < 1.29 is 14.7 Å². The number of pyridine rings is 1. The van der Waals surface area contributed by atoms with Crippen LogP contribution in [0.3, 0.4) is 0 Å². The minimum Gasteiger partial charge on any atom is -0.481 e. The molecule has 2 fully saturated rings. The lowest BCUT2D eigenvalue weighted by molar-refractivity contribution is -0.149. The highest BCUT2D eigenvalue weighted by atomic mass is 16.4. The van der Waals surface area contributed by atoms with Crippen LogP contribution < -0.4 is 5.32 Å². The molecule has 1 saturated carbocycles. The number of carboxylic acid groups (broad SMARTS) is 1. The third-order valence-corrected chi connectivity index (χ3v) is 5.41. The molecular formula is C17H20N4O3. The van der Waals surface area contributed by atoms with Gasteiger partial charge in [0.15, 0.2) is 0 Å². The molecule has 0 spiro atoms. The molecule has 3 heterocycles. The van der Waals surface area contributed by atoms with Crippen molar-refractivity contribution in [1.82, 2.24) is 14.3 Å². The lowest BCUT2D eigenvalue weighted by Gasteiger charge is -2.23. The van der Waals surface area contributed by atoms with Crippen LogP contribution in [0.25, 0.3) is 5.65 Å². The van der Waals surface area contributed by atoms with E-state index in [1.807, 2.05) is 35.9 Å². The lowest BCUT2D eigenvalue weighted by atomic mass is 9.81. The van der Waals surface area contributed by atoms with Gasteiger partial charge in [-0.2, -0.15) is 0 Å². The van der Waals surface area contributed by atoms with Gasteiger partial charge in [-0.25, -0.2) is 9.78 Å². The van der Waals surface area contributed by atoms with Crippen LogP contribution in [0.1, 0.15) is 25.0 Å². The molecule has 4 rings (SSSR count). The van der Waals surface area contributed by atoms with Gasteiger partial charge in [0, 0.05) is 25.5 Å². The first-order valence-corrected chi connectivity index (χ1v) is 8.23. The summed E-state index contributed by atoms with van der Waals surface area (Å²) in [7, 11) is 0. The number of aromatic nitrogens is 2. The Kier molecular flexibility index (Phi) is 3.26. The fraction of sp³-hybridized carbons (Fsp3) is 0.471. The maximum atomic E-state index is 12.5. The maximum Gasteiger partial charge on any atom is 0.321 e. The molecular weight excluding hydrogens is 308 g/mol. The van der Waals surface area contributed by atoms with E-state index in [1.54, 1.807) is 4.90 Å². The monoisotopic (exact) mass is 328 g/mol. The molecule has 0 bridgehead atoms. The number of hydrogen-bond donors (Lipinski definition) is 2. The van der Waals surface area contributed by atoms with Crippen LogP contribution in [-0.2, 0) is 4.79 Å². The Morgan fingerprint density at radius 3 is 2.96 bits per heavy atom. The van der Waals surface area contributed by atoms with Gasteiger partial charge in [-0.15, -0.1) is 0 Å². The topological polar surface area (TPSA) is 86.9 Å². The molecule has 1 aliphatic heterocycles. The number of carbonyl (C=O) groups excluding carboxylic acids is 1. The molecule has 7 nitrogen and oxygen atoms in total. The third-order valence-electron chi connectivity index (χ3n) is 5.41. The summed E-state index contributed by atoms with van der Waals surface area (Å²) in [5.74, 6) is -0.699. The van der Waals surface area contributed by atoms with Gasteiger partial charge in [-0.1, -0.05) is 6.42 Å². The van der Waals surface area contributed by atoms with Gasteiger partial charge in [-0.05, 0) is 37.8 Å². The van der Waals surface area contributed by atoms with Crippen LogP contribution in [0, 0.1) is 18.3 Å². The van der Waals surface area contributed by atoms with Crippen molar-refractivity contribution >= 4 is 23.3 Å². The summed E-state index contributed by atoms with van der Waals surface area (Å²) in [4.78, 5) is 30.3. The van der Waals surface area contributed by atoms with Gasteiger partial charge < -0.3 is 19.7 Å². The fourth-order valence-electron chi connectivity index (χ4n) is 4.19. The summed E-state index contributed by atoms with van der Waals surface area (Å²) >= 11 is 0. The molecule has 24 heavy (non-hydrogen) atoms. The Morgan fingerprint density at radius 2 is 2.21 bits per heavy atom. The molecule has 0 unspecified atom stereocenters. The minimum absolute atomic E-state index is 0.0690. The summed E-state index contributed by atoms with van der Waals surface area (Å²) in [5, 5.41) is 12.5. The quantitative estimate of drug-likeness (QED) is 0.886. The first kappa shape index (κ1) is 15.0. The van der Waals surface area contributed by atoms with Crippen molar-refractivity contribution in [1.29, 1.82) is 0 Å². The minimum atomic E-state index is -0.768. The van der Waals surface area contributed by atoms with E-state index in [4.69, 9.17) is 0 Å². The lowest BCUT2D eigenvalue weighted by Crippen LogP contribution is -2.38. The summed E-state index contributed by atoms with van der Waals surface area (Å²) in [6, 6.07) is 3.42. The molecule has 1 saturated heterocycles. The standard InChI is InChI=1S/C17H20N4O3/c1-11-7-20-9-13(4-5-14(20)18-11)19-16(24)21-8-12-3-2-6-17(12,10-21)15(22)23/h4-5,7,9,12H,2-3,6,8,10H2,1H3,(H,19,24)(H,22,23)/t12-,17+/m0/s1. The van der Waals surface area contributed by atoms with Gasteiger partial charge >= 0.3 is 12.0 Å². The number of hydrogen-bond acceptors (Lipinski definition) is 3. The van der Waals surface area contributed by atoms with E-state index in [0.717, 1.165) is 24.2 Å². The maximum absolute atomic E-state index is 12.5. The molecule has 2 aliphatic rings. The second-order valence-corrected chi connectivity index (χ2v) is 6.93. The zero-order valence-electron chi connectivity index (χ0n) is 13.5. The number of anilines is 1. The number of carboxylic acids is 1. The molecule has 1 aliphatic carbocycles. The molecule has 126 valence electrons. The molecule has 2 atom stereocenters. The van der Waals surface area contributed by atoms with E-state index in [2.05, 4.69) is 10.3 Å². The SMILES string of the molecule is Cc1cn2cc(NC(=O)N3C[C@@H]4CCC[C@@]4(C(=O)O)C3)ccc2n1. The van der Waals surface area contributed by atoms with Crippen LogP contribution >= 0.6 is 0 Å². The average molecular weight is 328 g/mol. The molecule has 7 heteroatoms. The van der Waals surface area contributed by atoms with E-state index in [9.17, 15) is 14.7 Å². The number of nitrogens with one attached hydrogen (secondary N) is 1. The Labute approximate surface area is 139 Å². The fourth-order valence-corrected chi connectivity index (χ4v) is 4.19. The zero-order valence-corrected chi connectivity index (χ0v) is 13.5. The molecule has 2 amide bonds. The number of fused-ring (bicyclic) bond motifs is 2. The number of urea groups is 1. The normalized spacial score (nSPS) is 25.9. The van der Waals surface area contributed by atoms with Crippen molar-refractivity contribution in [2.75, 3.05) is 18.4 Å². The van der Waals surface area contributed by atoms with Gasteiger partial charge in [0.1, 0.15) is 5.65 Å². The van der Waals surface area contributed by atoms with E-state index < -0.39 is 11.4 Å². The predicted octanol–water partition coefficient (Wildman–Crippen LogP) is 2.36. The van der Waals surface area contributed by atoms with E-state index in [1.165, 1.54) is 0 Å². The highest BCUT2D eigenvalue weighted by molar-refractivity contribution is 5.90. The predicted molar refractivity (Wildman–Crippen MR) is 87.9 cm³/mol. The molecule has 0 aromatic carbocycles. The summed E-state index contributed by atoms with van der Waals surface area (Å²) in [6.07, 6.45) is 6.19. The Balaban J connectivity index is 1.51. The number of imidazole rings is 1. The number of nitrogens with zero attached hydrogens (tertiary/aromatic N) is 3. The largest absolute Gasteiger partial charge is 0.481 e. The van der Waals surface area contributed by atoms with Crippen LogP contribution in [-0.4, -0.2) is 44.5 Å². The van der Waals surface area contributed by atoms with E-state index >= 15 is 0 Å². The number of rotatable bonds is 2. The number of aliphatic carboxylic acids is 1. The van der Waals surface area contributed by atoms with Crippen LogP contribution in [0.15, 0.2) is 24.5 Å². The first-order valence-electron chi connectivity index (χ1n) is 8.23. The van der Waals surface area contributed by atoms with Crippen molar-refractivity contribution in [3.8, 4) is 0 Å². The summed E-state index contributed by atoms with van der Waals surface area (Å²) in [5.41, 5.74) is 1.66. The van der Waals surface area contributed by atoms with Gasteiger partial charge in [0.25, 0.3) is 0 Å². The smallest absolute Gasteiger partial charge is 0.321 e. The Morgan fingerprint density at radius 1 is 1.38 bits per heavy atom.